The van der Waals surface area contributed by atoms with E-state index in [-0.39, 0.29) is 4.90 Å². The van der Waals surface area contributed by atoms with Crippen LogP contribution in [-0.4, -0.2) is 35.5 Å². The average Bonchev–Trinajstić information content (AvgIpc) is 2.76. The molecule has 35 heavy (non-hydrogen) atoms. The highest BCUT2D eigenvalue weighted by molar-refractivity contribution is 9.10. The van der Waals surface area contributed by atoms with Gasteiger partial charge in [0.25, 0.3) is 10.0 Å². The van der Waals surface area contributed by atoms with E-state index in [1.165, 1.54) is 24.3 Å². The molecule has 3 aromatic rings. The molecule has 0 saturated carbocycles. The normalized spacial score (nSPS) is 11.7. The third-order valence-corrected chi connectivity index (χ3v) is 8.61. The number of nitrogens with zero attached hydrogens (tertiary/aromatic N) is 1. The van der Waals surface area contributed by atoms with Gasteiger partial charge in [-0.15, -0.1) is 0 Å². The molecule has 0 heterocycles. The molecule has 3 aromatic carbocycles. The summed E-state index contributed by atoms with van der Waals surface area (Å²) in [6.07, 6.45) is 1.03. The van der Waals surface area contributed by atoms with Crippen LogP contribution in [0.4, 0.5) is 17.1 Å². The van der Waals surface area contributed by atoms with Crippen LogP contribution in [0.25, 0.3) is 0 Å². The highest BCUT2D eigenvalue weighted by Crippen LogP contribution is 2.25. The van der Waals surface area contributed by atoms with Gasteiger partial charge in [-0.05, 0) is 86.0 Å². The summed E-state index contributed by atoms with van der Waals surface area (Å²) < 4.78 is 54.6. The van der Waals surface area contributed by atoms with E-state index < -0.39 is 32.5 Å². The Balaban J connectivity index is 1.74. The molecular formula is C24H26BrN3O5S2. The number of nitrogens with one attached hydrogen (secondary N) is 2. The number of benzene rings is 3. The lowest BCUT2D eigenvalue weighted by Gasteiger charge is -2.22. The van der Waals surface area contributed by atoms with Gasteiger partial charge in [-0.1, -0.05) is 28.1 Å². The molecule has 1 amide bonds. The monoisotopic (exact) mass is 579 g/mol. The average molecular weight is 581 g/mol. The molecule has 0 aliphatic heterocycles. The number of aryl methyl sites for hydroxylation is 3. The lowest BCUT2D eigenvalue weighted by molar-refractivity contribution is -0.114. The first-order valence-corrected chi connectivity index (χ1v) is 14.6. The molecule has 3 rings (SSSR count). The Bertz CT molecular complexity index is 1470. The van der Waals surface area contributed by atoms with Crippen molar-refractivity contribution in [2.75, 3.05) is 27.1 Å². The van der Waals surface area contributed by atoms with Crippen LogP contribution in [0.5, 0.6) is 0 Å². The summed E-state index contributed by atoms with van der Waals surface area (Å²) in [4.78, 5) is 12.7. The third-order valence-electron chi connectivity index (χ3n) is 5.20. The summed E-state index contributed by atoms with van der Waals surface area (Å²) in [5, 5.41) is 2.62. The lowest BCUT2D eigenvalue weighted by Crippen LogP contribution is -2.37. The minimum absolute atomic E-state index is 0.0273. The maximum Gasteiger partial charge on any atom is 0.261 e. The van der Waals surface area contributed by atoms with E-state index >= 15 is 0 Å². The van der Waals surface area contributed by atoms with Gasteiger partial charge in [-0.3, -0.25) is 13.8 Å². The topological polar surface area (TPSA) is 113 Å². The molecule has 0 unspecified atom stereocenters. The first-order chi connectivity index (χ1) is 16.3. The molecule has 11 heteroatoms. The van der Waals surface area contributed by atoms with Crippen LogP contribution in [0.1, 0.15) is 16.7 Å². The highest BCUT2D eigenvalue weighted by atomic mass is 79.9. The molecule has 0 radical (unpaired) electrons. The number of rotatable bonds is 8. The van der Waals surface area contributed by atoms with Gasteiger partial charge in [0, 0.05) is 10.2 Å². The number of halogens is 1. The molecule has 0 spiro atoms. The van der Waals surface area contributed by atoms with Crippen LogP contribution in [-0.2, 0) is 24.8 Å². The van der Waals surface area contributed by atoms with E-state index in [1.807, 2.05) is 32.9 Å². The molecule has 0 bridgehead atoms. The summed E-state index contributed by atoms with van der Waals surface area (Å²) in [7, 11) is -7.56. The van der Waals surface area contributed by atoms with Crippen LogP contribution in [0, 0.1) is 20.8 Å². The fourth-order valence-corrected chi connectivity index (χ4v) is 5.50. The van der Waals surface area contributed by atoms with Crippen LogP contribution < -0.4 is 14.3 Å². The minimum atomic E-state index is -3.83. The number of carbonyl (C=O) groups is 1. The standard InChI is InChI=1S/C24H26BrN3O5S2/c1-16-5-6-17(2)23(13-16)27-35(32,33)21-10-7-19(8-11-21)26-24(29)15-28(34(4,30)31)20-9-12-22(25)18(3)14-20/h5-14,27H,15H2,1-4H3,(H,26,29). The van der Waals surface area contributed by atoms with Crippen LogP contribution in [0.3, 0.4) is 0 Å². The Morgan fingerprint density at radius 1 is 0.886 bits per heavy atom. The molecule has 0 aliphatic rings. The largest absolute Gasteiger partial charge is 0.325 e. The van der Waals surface area contributed by atoms with E-state index in [1.54, 1.807) is 24.3 Å². The number of carbonyl (C=O) groups excluding carboxylic acids is 1. The van der Waals surface area contributed by atoms with Gasteiger partial charge in [0.2, 0.25) is 15.9 Å². The maximum atomic E-state index is 12.8. The van der Waals surface area contributed by atoms with Crippen molar-refractivity contribution in [1.82, 2.24) is 0 Å². The molecule has 2 N–H and O–H groups in total. The zero-order chi connectivity index (χ0) is 26.0. The minimum Gasteiger partial charge on any atom is -0.325 e. The number of hydrogen-bond donors (Lipinski definition) is 2. The van der Waals surface area contributed by atoms with Crippen molar-refractivity contribution in [3.05, 3.63) is 81.8 Å². The van der Waals surface area contributed by atoms with Crippen molar-refractivity contribution in [2.24, 2.45) is 0 Å². The summed E-state index contributed by atoms with van der Waals surface area (Å²) >= 11 is 3.37. The zero-order valence-corrected chi connectivity index (χ0v) is 22.9. The molecule has 0 aromatic heterocycles. The van der Waals surface area contributed by atoms with Gasteiger partial charge in [0.05, 0.1) is 22.5 Å². The fraction of sp³-hybridized carbons (Fsp3) is 0.208. The second-order valence-electron chi connectivity index (χ2n) is 8.20. The van der Waals surface area contributed by atoms with E-state index in [9.17, 15) is 21.6 Å². The quantitative estimate of drug-likeness (QED) is 0.405. The Hall–Kier alpha value is -2.89. The van der Waals surface area contributed by atoms with E-state index in [0.717, 1.165) is 31.7 Å². The summed E-state index contributed by atoms with van der Waals surface area (Å²) in [6.45, 7) is 5.07. The Kier molecular flexibility index (Phi) is 7.93. The summed E-state index contributed by atoms with van der Waals surface area (Å²) in [6, 6.07) is 16.1. The van der Waals surface area contributed by atoms with Crippen molar-refractivity contribution < 1.29 is 21.6 Å². The van der Waals surface area contributed by atoms with Gasteiger partial charge in [0.1, 0.15) is 6.54 Å². The Labute approximate surface area is 214 Å². The van der Waals surface area contributed by atoms with Crippen LogP contribution in [0.2, 0.25) is 0 Å². The van der Waals surface area contributed by atoms with E-state index in [4.69, 9.17) is 0 Å². The van der Waals surface area contributed by atoms with Gasteiger partial charge < -0.3 is 5.32 Å². The van der Waals surface area contributed by atoms with Crippen molar-refractivity contribution >= 4 is 58.9 Å². The molecule has 186 valence electrons. The van der Waals surface area contributed by atoms with Crippen molar-refractivity contribution in [3.8, 4) is 0 Å². The molecule has 0 atom stereocenters. The van der Waals surface area contributed by atoms with Crippen LogP contribution in [0.15, 0.2) is 70.0 Å². The van der Waals surface area contributed by atoms with Gasteiger partial charge in [-0.25, -0.2) is 16.8 Å². The summed E-state index contributed by atoms with van der Waals surface area (Å²) in [5.41, 5.74) is 3.73. The lowest BCUT2D eigenvalue weighted by atomic mass is 10.1. The molecule has 0 aliphatic carbocycles. The second kappa shape index (κ2) is 10.4. The Morgan fingerprint density at radius 2 is 1.54 bits per heavy atom. The van der Waals surface area contributed by atoms with Crippen molar-refractivity contribution in [2.45, 2.75) is 25.7 Å². The first kappa shape index (κ1) is 26.7. The fourth-order valence-electron chi connectivity index (χ4n) is 3.28. The molecular weight excluding hydrogens is 554 g/mol. The smallest absolute Gasteiger partial charge is 0.261 e. The second-order valence-corrected chi connectivity index (χ2v) is 12.6. The highest BCUT2D eigenvalue weighted by Gasteiger charge is 2.22. The number of amides is 1. The summed E-state index contributed by atoms with van der Waals surface area (Å²) in [5.74, 6) is -0.569. The first-order valence-electron chi connectivity index (χ1n) is 10.5. The number of anilines is 3. The number of hydrogen-bond acceptors (Lipinski definition) is 5. The third kappa shape index (κ3) is 6.83. The van der Waals surface area contributed by atoms with Gasteiger partial charge >= 0.3 is 0 Å². The SMILES string of the molecule is Cc1ccc(C)c(NS(=O)(=O)c2ccc(NC(=O)CN(c3ccc(Br)c(C)c3)S(C)(=O)=O)cc2)c1. The Morgan fingerprint density at radius 3 is 2.14 bits per heavy atom. The van der Waals surface area contributed by atoms with E-state index in [0.29, 0.717) is 17.1 Å². The zero-order valence-electron chi connectivity index (χ0n) is 19.7. The van der Waals surface area contributed by atoms with Crippen molar-refractivity contribution in [3.63, 3.8) is 0 Å². The van der Waals surface area contributed by atoms with Gasteiger partial charge in [-0.2, -0.15) is 0 Å². The molecule has 8 nitrogen and oxygen atoms in total. The maximum absolute atomic E-state index is 12.8. The van der Waals surface area contributed by atoms with Crippen molar-refractivity contribution in [1.29, 1.82) is 0 Å². The van der Waals surface area contributed by atoms with E-state index in [2.05, 4.69) is 26.0 Å². The molecule has 0 saturated heterocycles. The van der Waals surface area contributed by atoms with Crippen LogP contribution >= 0.6 is 15.9 Å². The molecule has 0 fully saturated rings. The predicted molar refractivity (Wildman–Crippen MR) is 143 cm³/mol. The van der Waals surface area contributed by atoms with Gasteiger partial charge in [0.15, 0.2) is 0 Å². The predicted octanol–water partition coefficient (Wildman–Crippen LogP) is 4.58. The number of sulfonamides is 2.